The summed E-state index contributed by atoms with van der Waals surface area (Å²) >= 11 is 0. The van der Waals surface area contributed by atoms with Crippen molar-refractivity contribution in [3.8, 4) is 11.4 Å². The maximum absolute atomic E-state index is 13.9. The van der Waals surface area contributed by atoms with Gasteiger partial charge in [0.25, 0.3) is 5.91 Å². The average Bonchev–Trinajstić information content (AvgIpc) is 3.16. The number of hydrogen-bond donors (Lipinski definition) is 1. The van der Waals surface area contributed by atoms with Crippen LogP contribution >= 0.6 is 0 Å². The summed E-state index contributed by atoms with van der Waals surface area (Å²) in [6.07, 6.45) is 3.42. The van der Waals surface area contributed by atoms with Gasteiger partial charge in [-0.1, -0.05) is 18.2 Å². The molecule has 1 N–H and O–H groups in total. The molecule has 1 atom stereocenters. The predicted octanol–water partition coefficient (Wildman–Crippen LogP) is 3.51. The van der Waals surface area contributed by atoms with Crippen molar-refractivity contribution in [3.05, 3.63) is 77.9 Å². The molecule has 0 saturated heterocycles. The number of benzene rings is 2. The van der Waals surface area contributed by atoms with Gasteiger partial charge in [0.05, 0.1) is 24.4 Å². The van der Waals surface area contributed by atoms with Crippen LogP contribution in [0, 0.1) is 5.82 Å². The molecule has 128 valence electrons. The number of ether oxygens (including phenoxy) is 1. The van der Waals surface area contributed by atoms with Crippen molar-refractivity contribution in [1.82, 2.24) is 15.1 Å². The van der Waals surface area contributed by atoms with E-state index in [0.29, 0.717) is 16.8 Å². The second-order valence-electron chi connectivity index (χ2n) is 5.56. The van der Waals surface area contributed by atoms with E-state index < -0.39 is 5.82 Å². The van der Waals surface area contributed by atoms with Gasteiger partial charge in [0, 0.05) is 12.4 Å². The van der Waals surface area contributed by atoms with Crippen molar-refractivity contribution >= 4 is 5.91 Å². The lowest BCUT2D eigenvalue weighted by Crippen LogP contribution is -2.27. The van der Waals surface area contributed by atoms with E-state index >= 15 is 0 Å². The molecule has 0 aliphatic carbocycles. The Kier molecular flexibility index (Phi) is 4.79. The van der Waals surface area contributed by atoms with Gasteiger partial charge in [0.2, 0.25) is 0 Å². The van der Waals surface area contributed by atoms with E-state index in [2.05, 4.69) is 10.4 Å². The molecule has 0 fully saturated rings. The maximum atomic E-state index is 13.9. The number of nitrogens with one attached hydrogen (secondary N) is 1. The minimum Gasteiger partial charge on any atom is -0.494 e. The van der Waals surface area contributed by atoms with Gasteiger partial charge in [0.1, 0.15) is 0 Å². The zero-order valence-corrected chi connectivity index (χ0v) is 13.9. The van der Waals surface area contributed by atoms with E-state index in [1.165, 1.54) is 13.2 Å². The van der Waals surface area contributed by atoms with Crippen LogP contribution in [-0.4, -0.2) is 22.8 Å². The molecule has 0 unspecified atom stereocenters. The van der Waals surface area contributed by atoms with Crippen molar-refractivity contribution in [3.63, 3.8) is 0 Å². The summed E-state index contributed by atoms with van der Waals surface area (Å²) in [5.74, 6) is -0.542. The van der Waals surface area contributed by atoms with Gasteiger partial charge >= 0.3 is 0 Å². The Balaban J connectivity index is 1.82. The molecule has 0 saturated carbocycles. The highest BCUT2D eigenvalue weighted by Gasteiger charge is 2.16. The molecule has 6 heteroatoms. The van der Waals surface area contributed by atoms with Crippen LogP contribution in [0.3, 0.4) is 0 Å². The minimum absolute atomic E-state index is 0.173. The number of nitrogens with zero attached hydrogens (tertiary/aromatic N) is 2. The molecule has 1 heterocycles. The van der Waals surface area contributed by atoms with Crippen LogP contribution < -0.4 is 10.1 Å². The monoisotopic (exact) mass is 339 g/mol. The third kappa shape index (κ3) is 3.52. The van der Waals surface area contributed by atoms with Crippen LogP contribution in [0.2, 0.25) is 0 Å². The smallest absolute Gasteiger partial charge is 0.253 e. The van der Waals surface area contributed by atoms with Crippen molar-refractivity contribution < 1.29 is 13.9 Å². The first-order chi connectivity index (χ1) is 12.1. The Bertz CT molecular complexity index is 878. The van der Waals surface area contributed by atoms with Crippen molar-refractivity contribution in [2.75, 3.05) is 7.11 Å². The van der Waals surface area contributed by atoms with Crippen LogP contribution in [0.4, 0.5) is 4.39 Å². The second kappa shape index (κ2) is 7.17. The molecule has 2 aromatic carbocycles. The highest BCUT2D eigenvalue weighted by Crippen LogP contribution is 2.22. The SMILES string of the molecule is COc1ccc([C@H](C)NC(=O)c2ccccc2-n2cccn2)cc1F. The molecule has 3 aromatic rings. The van der Waals surface area contributed by atoms with Crippen LogP contribution in [0.25, 0.3) is 5.69 Å². The second-order valence-corrected chi connectivity index (χ2v) is 5.56. The fourth-order valence-corrected chi connectivity index (χ4v) is 2.59. The molecule has 1 amide bonds. The molecule has 0 aliphatic heterocycles. The van der Waals surface area contributed by atoms with Crippen LogP contribution in [0.15, 0.2) is 60.9 Å². The van der Waals surface area contributed by atoms with E-state index in [1.54, 1.807) is 54.3 Å². The maximum Gasteiger partial charge on any atom is 0.253 e. The molecule has 0 spiro atoms. The number of amides is 1. The minimum atomic E-state index is -0.460. The Morgan fingerprint density at radius 1 is 1.24 bits per heavy atom. The van der Waals surface area contributed by atoms with Crippen LogP contribution in [0.1, 0.15) is 28.9 Å². The number of aromatic nitrogens is 2. The standard InChI is InChI=1S/C19H18FN3O2/c1-13(14-8-9-18(25-2)16(20)12-14)22-19(24)15-6-3-4-7-17(15)23-11-5-10-21-23/h3-13H,1-2H3,(H,22,24)/t13-/m0/s1. The van der Waals surface area contributed by atoms with Crippen LogP contribution in [-0.2, 0) is 0 Å². The topological polar surface area (TPSA) is 56.1 Å². The molecule has 5 nitrogen and oxygen atoms in total. The van der Waals surface area contributed by atoms with E-state index in [0.717, 1.165) is 0 Å². The first-order valence-electron chi connectivity index (χ1n) is 7.83. The molecular formula is C19H18FN3O2. The van der Waals surface area contributed by atoms with Gasteiger partial charge in [-0.15, -0.1) is 0 Å². The largest absolute Gasteiger partial charge is 0.494 e. The van der Waals surface area contributed by atoms with Gasteiger partial charge in [-0.3, -0.25) is 4.79 Å². The van der Waals surface area contributed by atoms with Gasteiger partial charge in [-0.2, -0.15) is 5.10 Å². The molecule has 0 radical (unpaired) electrons. The van der Waals surface area contributed by atoms with Gasteiger partial charge in [-0.25, -0.2) is 9.07 Å². The zero-order chi connectivity index (χ0) is 17.8. The fourth-order valence-electron chi connectivity index (χ4n) is 2.59. The number of para-hydroxylation sites is 1. The number of carbonyl (C=O) groups is 1. The summed E-state index contributed by atoms with van der Waals surface area (Å²) in [6, 6.07) is 13.2. The van der Waals surface area contributed by atoms with E-state index in [4.69, 9.17) is 4.74 Å². The zero-order valence-electron chi connectivity index (χ0n) is 13.9. The van der Waals surface area contributed by atoms with Gasteiger partial charge < -0.3 is 10.1 Å². The lowest BCUT2D eigenvalue weighted by atomic mass is 10.1. The van der Waals surface area contributed by atoms with Crippen molar-refractivity contribution in [2.45, 2.75) is 13.0 Å². The fraction of sp³-hybridized carbons (Fsp3) is 0.158. The summed E-state index contributed by atoms with van der Waals surface area (Å²) in [7, 11) is 1.41. The summed E-state index contributed by atoms with van der Waals surface area (Å²) < 4.78 is 20.4. The summed E-state index contributed by atoms with van der Waals surface area (Å²) in [5.41, 5.74) is 1.83. The lowest BCUT2D eigenvalue weighted by Gasteiger charge is -2.17. The highest BCUT2D eigenvalue weighted by molar-refractivity contribution is 5.97. The molecule has 1 aromatic heterocycles. The molecule has 0 aliphatic rings. The first kappa shape index (κ1) is 16.7. The summed E-state index contributed by atoms with van der Waals surface area (Å²) in [4.78, 5) is 12.7. The average molecular weight is 339 g/mol. The van der Waals surface area contributed by atoms with E-state index in [-0.39, 0.29) is 17.7 Å². The van der Waals surface area contributed by atoms with Gasteiger partial charge in [-0.05, 0) is 42.8 Å². The number of carbonyl (C=O) groups excluding carboxylic acids is 1. The Morgan fingerprint density at radius 2 is 2.04 bits per heavy atom. The quantitative estimate of drug-likeness (QED) is 0.774. The number of hydrogen-bond acceptors (Lipinski definition) is 3. The molecule has 25 heavy (non-hydrogen) atoms. The molecule has 3 rings (SSSR count). The van der Waals surface area contributed by atoms with Gasteiger partial charge in [0.15, 0.2) is 11.6 Å². The normalized spacial score (nSPS) is 11.8. The third-order valence-electron chi connectivity index (χ3n) is 3.92. The third-order valence-corrected chi connectivity index (χ3v) is 3.92. The predicted molar refractivity (Wildman–Crippen MR) is 92.4 cm³/mol. The Morgan fingerprint density at radius 3 is 2.72 bits per heavy atom. The Labute approximate surface area is 145 Å². The number of methoxy groups -OCH3 is 1. The lowest BCUT2D eigenvalue weighted by molar-refractivity contribution is 0.0939. The van der Waals surface area contributed by atoms with E-state index in [1.807, 2.05) is 12.1 Å². The molecular weight excluding hydrogens is 321 g/mol. The van der Waals surface area contributed by atoms with E-state index in [9.17, 15) is 9.18 Å². The highest BCUT2D eigenvalue weighted by atomic mass is 19.1. The van der Waals surface area contributed by atoms with Crippen molar-refractivity contribution in [2.24, 2.45) is 0 Å². The van der Waals surface area contributed by atoms with Crippen LogP contribution in [0.5, 0.6) is 5.75 Å². The first-order valence-corrected chi connectivity index (χ1v) is 7.83. The summed E-state index contributed by atoms with van der Waals surface area (Å²) in [5, 5.41) is 7.06. The number of rotatable bonds is 5. The summed E-state index contributed by atoms with van der Waals surface area (Å²) in [6.45, 7) is 1.80. The number of halogens is 1. The van der Waals surface area contributed by atoms with Crippen molar-refractivity contribution in [1.29, 1.82) is 0 Å². The molecule has 0 bridgehead atoms. The Hall–Kier alpha value is -3.15.